The number of carbonyl (C=O) groups is 1. The van der Waals surface area contributed by atoms with Crippen molar-refractivity contribution in [2.45, 2.75) is 6.61 Å². The first kappa shape index (κ1) is 24.3. The smallest absolute Gasteiger partial charge is 0.270 e. The van der Waals surface area contributed by atoms with E-state index in [0.29, 0.717) is 31.6 Å². The third-order valence-electron chi connectivity index (χ3n) is 4.50. The molecule has 162 valence electrons. The number of hydrogen-bond acceptors (Lipinski definition) is 4. The van der Waals surface area contributed by atoms with Crippen LogP contribution in [0.25, 0.3) is 6.08 Å². The lowest BCUT2D eigenvalue weighted by Gasteiger charge is -2.15. The molecule has 0 atom stereocenters. The number of amides is 1. The van der Waals surface area contributed by atoms with Crippen LogP contribution < -0.4 is 9.64 Å². The fraction of sp³-hybridized carbons (Fsp3) is 0.0435. The molecule has 0 saturated carbocycles. The summed E-state index contributed by atoms with van der Waals surface area (Å²) in [6.07, 6.45) is 1.83. The highest BCUT2D eigenvalue weighted by molar-refractivity contribution is 14.1. The van der Waals surface area contributed by atoms with Crippen molar-refractivity contribution in [1.82, 2.24) is 0 Å². The summed E-state index contributed by atoms with van der Waals surface area (Å²) in [6, 6.07) is 19.0. The van der Waals surface area contributed by atoms with E-state index >= 15 is 0 Å². The van der Waals surface area contributed by atoms with Crippen molar-refractivity contribution in [2.24, 2.45) is 0 Å². The number of hydrogen-bond donors (Lipinski definition) is 0. The molecule has 1 fully saturated rings. The molecular weight excluding hydrogens is 711 g/mol. The molecule has 9 heteroatoms. The van der Waals surface area contributed by atoms with Gasteiger partial charge in [-0.3, -0.25) is 9.69 Å². The zero-order chi connectivity index (χ0) is 22.8. The van der Waals surface area contributed by atoms with Crippen molar-refractivity contribution < 1.29 is 9.53 Å². The lowest BCUT2D eigenvalue weighted by Crippen LogP contribution is -2.27. The number of thioether (sulfide) groups is 1. The SMILES string of the molecule is O=C1/C(=C/c2cc(I)cc(I)c2OCc2ccccc2)SC(=S)N1c1ccc(Cl)c(Cl)c1. The van der Waals surface area contributed by atoms with E-state index in [4.69, 9.17) is 40.2 Å². The molecule has 3 aromatic rings. The van der Waals surface area contributed by atoms with Gasteiger partial charge in [-0.05, 0) is 87.2 Å². The minimum atomic E-state index is -0.207. The van der Waals surface area contributed by atoms with Gasteiger partial charge in [-0.15, -0.1) is 0 Å². The highest BCUT2D eigenvalue weighted by Crippen LogP contribution is 2.40. The molecule has 0 aromatic heterocycles. The summed E-state index contributed by atoms with van der Waals surface area (Å²) in [6.45, 7) is 0.433. The van der Waals surface area contributed by atoms with E-state index in [1.165, 1.54) is 16.7 Å². The van der Waals surface area contributed by atoms with E-state index in [2.05, 4.69) is 45.2 Å². The average Bonchev–Trinajstić information content (AvgIpc) is 3.03. The minimum Gasteiger partial charge on any atom is -0.487 e. The Labute approximate surface area is 232 Å². The van der Waals surface area contributed by atoms with Crippen molar-refractivity contribution in [3.8, 4) is 5.75 Å². The summed E-state index contributed by atoms with van der Waals surface area (Å²) in [7, 11) is 0. The Hall–Kier alpha value is -0.850. The number of carbonyl (C=O) groups excluding carboxylic acids is 1. The quantitative estimate of drug-likeness (QED) is 0.151. The second kappa shape index (κ2) is 10.6. The maximum absolute atomic E-state index is 13.2. The number of anilines is 1. The number of benzene rings is 3. The first-order valence-electron chi connectivity index (χ1n) is 9.22. The lowest BCUT2D eigenvalue weighted by atomic mass is 10.1. The number of nitrogens with zero attached hydrogens (tertiary/aromatic N) is 1. The molecule has 3 nitrogen and oxygen atoms in total. The molecule has 0 unspecified atom stereocenters. The van der Waals surface area contributed by atoms with Gasteiger partial charge >= 0.3 is 0 Å². The molecule has 3 aromatic carbocycles. The fourth-order valence-corrected chi connectivity index (χ4v) is 6.65. The molecule has 1 saturated heterocycles. The first-order chi connectivity index (χ1) is 15.3. The Kier molecular flexibility index (Phi) is 8.05. The maximum Gasteiger partial charge on any atom is 0.270 e. The summed E-state index contributed by atoms with van der Waals surface area (Å²) in [4.78, 5) is 15.2. The fourth-order valence-electron chi connectivity index (χ4n) is 3.03. The van der Waals surface area contributed by atoms with Gasteiger partial charge < -0.3 is 4.74 Å². The number of thiocarbonyl (C=S) groups is 1. The van der Waals surface area contributed by atoms with E-state index in [0.717, 1.165) is 24.0 Å². The minimum absolute atomic E-state index is 0.207. The molecule has 0 spiro atoms. The van der Waals surface area contributed by atoms with Gasteiger partial charge in [0.15, 0.2) is 4.32 Å². The topological polar surface area (TPSA) is 29.5 Å². The summed E-state index contributed by atoms with van der Waals surface area (Å²) in [5, 5.41) is 0.788. The highest BCUT2D eigenvalue weighted by Gasteiger charge is 2.34. The van der Waals surface area contributed by atoms with Crippen LogP contribution in [0.5, 0.6) is 5.75 Å². The van der Waals surface area contributed by atoms with Gasteiger partial charge in [-0.2, -0.15) is 0 Å². The van der Waals surface area contributed by atoms with E-state index in [-0.39, 0.29) is 5.91 Å². The van der Waals surface area contributed by atoms with Gasteiger partial charge in [0.05, 0.1) is 24.2 Å². The first-order valence-corrected chi connectivity index (χ1v) is 13.4. The van der Waals surface area contributed by atoms with Gasteiger partial charge in [0.2, 0.25) is 0 Å². The van der Waals surface area contributed by atoms with Crippen LogP contribution in [0.2, 0.25) is 10.0 Å². The van der Waals surface area contributed by atoms with E-state index in [9.17, 15) is 4.79 Å². The summed E-state index contributed by atoms with van der Waals surface area (Å²) < 4.78 is 8.62. The number of halogens is 4. The molecule has 1 aliphatic rings. The second-order valence-corrected chi connectivity index (χ2v) is 11.6. The van der Waals surface area contributed by atoms with Crippen LogP contribution in [0.4, 0.5) is 5.69 Å². The molecule has 0 bridgehead atoms. The Morgan fingerprint density at radius 1 is 1.03 bits per heavy atom. The predicted octanol–water partition coefficient (Wildman–Crippen LogP) is 8.19. The standard InChI is InChI=1S/C23H13Cl2I2NO2S2/c24-17-7-6-16(11-18(17)25)28-22(29)20(32-23(28)31)9-14-8-15(26)10-19(27)21(14)30-12-13-4-2-1-3-5-13/h1-11H,12H2/b20-9-. The molecule has 4 rings (SSSR count). The Morgan fingerprint density at radius 2 is 1.78 bits per heavy atom. The van der Waals surface area contributed by atoms with Crippen LogP contribution in [0.1, 0.15) is 11.1 Å². The van der Waals surface area contributed by atoms with Gasteiger partial charge in [-0.25, -0.2) is 0 Å². The van der Waals surface area contributed by atoms with Crippen molar-refractivity contribution in [2.75, 3.05) is 4.90 Å². The van der Waals surface area contributed by atoms with Gasteiger partial charge in [0.25, 0.3) is 5.91 Å². The van der Waals surface area contributed by atoms with Gasteiger partial charge in [-0.1, -0.05) is 77.5 Å². The second-order valence-electron chi connectivity index (χ2n) is 6.70. The zero-order valence-corrected chi connectivity index (χ0v) is 23.6. The van der Waals surface area contributed by atoms with E-state index in [1.54, 1.807) is 18.2 Å². The Morgan fingerprint density at radius 3 is 2.50 bits per heavy atom. The van der Waals surface area contributed by atoms with Crippen LogP contribution >= 0.6 is 92.4 Å². The largest absolute Gasteiger partial charge is 0.487 e. The third kappa shape index (κ3) is 5.44. The van der Waals surface area contributed by atoms with Crippen molar-refractivity contribution in [3.63, 3.8) is 0 Å². The third-order valence-corrected chi connectivity index (χ3v) is 7.97. The zero-order valence-electron chi connectivity index (χ0n) is 16.2. The molecular formula is C23H13Cl2I2NO2S2. The van der Waals surface area contributed by atoms with Gasteiger partial charge in [0, 0.05) is 9.13 Å². The Bertz CT molecular complexity index is 1250. The number of ether oxygens (including phenoxy) is 1. The van der Waals surface area contributed by atoms with Crippen LogP contribution in [-0.2, 0) is 11.4 Å². The summed E-state index contributed by atoms with van der Waals surface area (Å²) in [5.74, 6) is 0.524. The normalized spacial score (nSPS) is 15.0. The molecule has 1 amide bonds. The monoisotopic (exact) mass is 723 g/mol. The van der Waals surface area contributed by atoms with Crippen molar-refractivity contribution >= 4 is 114 Å². The molecule has 0 aliphatic carbocycles. The molecule has 0 radical (unpaired) electrons. The summed E-state index contributed by atoms with van der Waals surface area (Å²) >= 11 is 23.4. The van der Waals surface area contributed by atoms with Crippen LogP contribution in [0, 0.1) is 7.14 Å². The lowest BCUT2D eigenvalue weighted by molar-refractivity contribution is -0.113. The van der Waals surface area contributed by atoms with Gasteiger partial charge in [0.1, 0.15) is 12.4 Å². The van der Waals surface area contributed by atoms with E-state index < -0.39 is 0 Å². The number of rotatable bonds is 5. The predicted molar refractivity (Wildman–Crippen MR) is 155 cm³/mol. The molecule has 1 aliphatic heterocycles. The average molecular weight is 724 g/mol. The summed E-state index contributed by atoms with van der Waals surface area (Å²) in [5.41, 5.74) is 2.48. The van der Waals surface area contributed by atoms with Crippen LogP contribution in [-0.4, -0.2) is 10.2 Å². The van der Waals surface area contributed by atoms with Crippen molar-refractivity contribution in [1.29, 1.82) is 0 Å². The Balaban J connectivity index is 1.66. The van der Waals surface area contributed by atoms with E-state index in [1.807, 2.05) is 48.5 Å². The van der Waals surface area contributed by atoms with Crippen LogP contribution in [0.15, 0.2) is 65.6 Å². The van der Waals surface area contributed by atoms with Crippen molar-refractivity contribution in [3.05, 3.63) is 93.9 Å². The molecule has 32 heavy (non-hydrogen) atoms. The molecule has 0 N–H and O–H groups in total. The highest BCUT2D eigenvalue weighted by atomic mass is 127. The maximum atomic E-state index is 13.2. The molecule has 1 heterocycles. The van der Waals surface area contributed by atoms with Crippen LogP contribution in [0.3, 0.4) is 0 Å².